The van der Waals surface area contributed by atoms with Crippen LogP contribution in [0.4, 0.5) is 0 Å². The third-order valence-corrected chi connectivity index (χ3v) is 2.08. The molecule has 0 saturated carbocycles. The number of nitrogens with zero attached hydrogens (tertiary/aromatic N) is 2. The van der Waals surface area contributed by atoms with E-state index in [2.05, 4.69) is 11.9 Å². The first-order valence-electron chi connectivity index (χ1n) is 4.70. The Bertz CT molecular complexity index is 341. The molecule has 0 saturated heterocycles. The summed E-state index contributed by atoms with van der Waals surface area (Å²) < 4.78 is 1.73. The van der Waals surface area contributed by atoms with Crippen LogP contribution in [-0.4, -0.2) is 9.55 Å². The molecule has 0 aromatic carbocycles. The van der Waals surface area contributed by atoms with Crippen LogP contribution in [0.3, 0.4) is 0 Å². The molecule has 0 radical (unpaired) electrons. The van der Waals surface area contributed by atoms with Gasteiger partial charge in [0.25, 0.3) is 0 Å². The van der Waals surface area contributed by atoms with E-state index in [1.807, 2.05) is 19.9 Å². The molecule has 0 aliphatic rings. The van der Waals surface area contributed by atoms with E-state index in [0.717, 1.165) is 30.8 Å². The summed E-state index contributed by atoms with van der Waals surface area (Å²) in [6.45, 7) is 6.70. The average Bonchev–Trinajstić information content (AvgIpc) is 2.02. The van der Waals surface area contributed by atoms with Crippen LogP contribution in [-0.2, 0) is 6.54 Å². The largest absolute Gasteiger partial charge is 0.347 e. The van der Waals surface area contributed by atoms with Gasteiger partial charge in [0.15, 0.2) is 0 Å². The topological polar surface area (TPSA) is 34.9 Å². The Balaban J connectivity index is 2.99. The van der Waals surface area contributed by atoms with E-state index in [-0.39, 0.29) is 5.69 Å². The lowest BCUT2D eigenvalue weighted by Crippen LogP contribution is -2.25. The van der Waals surface area contributed by atoms with E-state index >= 15 is 0 Å². The molecule has 0 aliphatic heterocycles. The van der Waals surface area contributed by atoms with Crippen molar-refractivity contribution < 1.29 is 0 Å². The third kappa shape index (κ3) is 2.41. The van der Waals surface area contributed by atoms with Gasteiger partial charge in [-0.1, -0.05) is 13.3 Å². The van der Waals surface area contributed by atoms with Gasteiger partial charge in [-0.2, -0.15) is 4.98 Å². The van der Waals surface area contributed by atoms with Gasteiger partial charge in [0.05, 0.1) is 0 Å². The van der Waals surface area contributed by atoms with Gasteiger partial charge in [0.2, 0.25) is 0 Å². The predicted molar refractivity (Wildman–Crippen MR) is 52.9 cm³/mol. The molecule has 0 fully saturated rings. The molecule has 0 aliphatic carbocycles. The fraction of sp³-hybridized carbons (Fsp3) is 0.600. The van der Waals surface area contributed by atoms with Gasteiger partial charge in [0.1, 0.15) is 0 Å². The molecular weight excluding hydrogens is 164 g/mol. The molecule has 1 rings (SSSR count). The minimum absolute atomic E-state index is 0.119. The Hall–Kier alpha value is -1.12. The first-order chi connectivity index (χ1) is 6.15. The number of hydrogen-bond donors (Lipinski definition) is 0. The molecule has 13 heavy (non-hydrogen) atoms. The maximum atomic E-state index is 11.4. The summed E-state index contributed by atoms with van der Waals surface area (Å²) in [5.74, 6) is 0. The molecule has 0 spiro atoms. The van der Waals surface area contributed by atoms with Crippen LogP contribution in [0.15, 0.2) is 10.9 Å². The lowest BCUT2D eigenvalue weighted by Gasteiger charge is -2.08. The van der Waals surface area contributed by atoms with E-state index < -0.39 is 0 Å². The van der Waals surface area contributed by atoms with Crippen molar-refractivity contribution in [3.63, 3.8) is 0 Å². The molecule has 0 amide bonds. The Morgan fingerprint density at radius 2 is 2.15 bits per heavy atom. The summed E-state index contributed by atoms with van der Waals surface area (Å²) in [6, 6.07) is 1.94. The highest BCUT2D eigenvalue weighted by molar-refractivity contribution is 5.06. The van der Waals surface area contributed by atoms with Gasteiger partial charge in [-0.05, 0) is 26.3 Å². The Kier molecular flexibility index (Phi) is 3.23. The molecule has 0 unspecified atom stereocenters. The molecule has 1 aromatic rings. The zero-order valence-corrected chi connectivity index (χ0v) is 8.50. The van der Waals surface area contributed by atoms with Crippen molar-refractivity contribution in [2.24, 2.45) is 0 Å². The van der Waals surface area contributed by atoms with Crippen molar-refractivity contribution in [3.05, 3.63) is 27.9 Å². The number of hydrogen-bond acceptors (Lipinski definition) is 2. The monoisotopic (exact) mass is 180 g/mol. The fourth-order valence-electron chi connectivity index (χ4n) is 1.36. The average molecular weight is 180 g/mol. The summed E-state index contributed by atoms with van der Waals surface area (Å²) in [4.78, 5) is 15.3. The van der Waals surface area contributed by atoms with Gasteiger partial charge < -0.3 is 0 Å². The van der Waals surface area contributed by atoms with Crippen LogP contribution >= 0.6 is 0 Å². The highest BCUT2D eigenvalue weighted by Crippen LogP contribution is 1.99. The second-order valence-electron chi connectivity index (χ2n) is 3.33. The van der Waals surface area contributed by atoms with Crippen LogP contribution < -0.4 is 5.69 Å². The minimum Gasteiger partial charge on any atom is -0.297 e. The maximum absolute atomic E-state index is 11.4. The summed E-state index contributed by atoms with van der Waals surface area (Å²) in [5.41, 5.74) is 1.69. The SMILES string of the molecule is CCCCn1c(C)cc(C)nc1=O. The van der Waals surface area contributed by atoms with Crippen molar-refractivity contribution in [2.45, 2.75) is 40.2 Å². The van der Waals surface area contributed by atoms with Gasteiger partial charge in [-0.25, -0.2) is 4.79 Å². The quantitative estimate of drug-likeness (QED) is 0.709. The van der Waals surface area contributed by atoms with Gasteiger partial charge in [-0.3, -0.25) is 4.57 Å². The van der Waals surface area contributed by atoms with E-state index in [1.165, 1.54) is 0 Å². The van der Waals surface area contributed by atoms with E-state index in [1.54, 1.807) is 4.57 Å². The standard InChI is InChI=1S/C10H16N2O/c1-4-5-6-12-9(3)7-8(2)11-10(12)13/h7H,4-6H2,1-3H3. The highest BCUT2D eigenvalue weighted by atomic mass is 16.1. The van der Waals surface area contributed by atoms with Crippen LogP contribution in [0.25, 0.3) is 0 Å². The van der Waals surface area contributed by atoms with Crippen molar-refractivity contribution in [1.82, 2.24) is 9.55 Å². The highest BCUT2D eigenvalue weighted by Gasteiger charge is 2.00. The number of unbranched alkanes of at least 4 members (excludes halogenated alkanes) is 1. The second-order valence-corrected chi connectivity index (χ2v) is 3.33. The van der Waals surface area contributed by atoms with E-state index in [0.29, 0.717) is 0 Å². The molecule has 72 valence electrons. The van der Waals surface area contributed by atoms with Crippen molar-refractivity contribution in [2.75, 3.05) is 0 Å². The van der Waals surface area contributed by atoms with E-state index in [4.69, 9.17) is 0 Å². The molecule has 1 heterocycles. The van der Waals surface area contributed by atoms with Crippen molar-refractivity contribution >= 4 is 0 Å². The molecule has 3 nitrogen and oxygen atoms in total. The van der Waals surface area contributed by atoms with Crippen LogP contribution in [0, 0.1) is 13.8 Å². The number of rotatable bonds is 3. The first-order valence-corrected chi connectivity index (χ1v) is 4.70. The second kappa shape index (κ2) is 4.21. The zero-order valence-electron chi connectivity index (χ0n) is 8.50. The normalized spacial score (nSPS) is 10.4. The van der Waals surface area contributed by atoms with Crippen LogP contribution in [0.1, 0.15) is 31.2 Å². The first kappa shape index (κ1) is 9.96. The molecule has 0 bridgehead atoms. The molecular formula is C10H16N2O. The lowest BCUT2D eigenvalue weighted by molar-refractivity contribution is 0.582. The minimum atomic E-state index is -0.119. The molecule has 3 heteroatoms. The van der Waals surface area contributed by atoms with Gasteiger partial charge >= 0.3 is 5.69 Å². The predicted octanol–water partition coefficient (Wildman–Crippen LogP) is 1.66. The number of aromatic nitrogens is 2. The van der Waals surface area contributed by atoms with Crippen molar-refractivity contribution in [3.8, 4) is 0 Å². The number of aryl methyl sites for hydroxylation is 2. The van der Waals surface area contributed by atoms with Crippen LogP contribution in [0.2, 0.25) is 0 Å². The summed E-state index contributed by atoms with van der Waals surface area (Å²) >= 11 is 0. The third-order valence-electron chi connectivity index (χ3n) is 2.08. The van der Waals surface area contributed by atoms with Crippen molar-refractivity contribution in [1.29, 1.82) is 0 Å². The lowest BCUT2D eigenvalue weighted by atomic mass is 10.3. The Morgan fingerprint density at radius 1 is 1.46 bits per heavy atom. The zero-order chi connectivity index (χ0) is 9.84. The summed E-state index contributed by atoms with van der Waals surface area (Å²) in [7, 11) is 0. The molecule has 1 aromatic heterocycles. The summed E-state index contributed by atoms with van der Waals surface area (Å²) in [5, 5.41) is 0. The van der Waals surface area contributed by atoms with Gasteiger partial charge in [-0.15, -0.1) is 0 Å². The molecule has 0 atom stereocenters. The summed E-state index contributed by atoms with van der Waals surface area (Å²) in [6.07, 6.45) is 2.13. The smallest absolute Gasteiger partial charge is 0.297 e. The van der Waals surface area contributed by atoms with Gasteiger partial charge in [0, 0.05) is 17.9 Å². The maximum Gasteiger partial charge on any atom is 0.347 e. The molecule has 0 N–H and O–H groups in total. The fourth-order valence-corrected chi connectivity index (χ4v) is 1.36. The van der Waals surface area contributed by atoms with E-state index in [9.17, 15) is 4.79 Å². The Labute approximate surface area is 78.4 Å². The van der Waals surface area contributed by atoms with Crippen LogP contribution in [0.5, 0.6) is 0 Å². The Morgan fingerprint density at radius 3 is 2.69 bits per heavy atom.